The number of rotatable bonds is 5. The van der Waals surface area contributed by atoms with E-state index < -0.39 is 0 Å². The van der Waals surface area contributed by atoms with Gasteiger partial charge in [-0.05, 0) is 25.1 Å². The zero-order valence-electron chi connectivity index (χ0n) is 11.2. The van der Waals surface area contributed by atoms with Crippen molar-refractivity contribution < 1.29 is 4.74 Å². The van der Waals surface area contributed by atoms with Gasteiger partial charge in [0.15, 0.2) is 5.82 Å². The second-order valence-electron chi connectivity index (χ2n) is 4.10. The molecule has 0 aromatic carbocycles. The van der Waals surface area contributed by atoms with Gasteiger partial charge in [-0.3, -0.25) is 4.98 Å². The van der Waals surface area contributed by atoms with Gasteiger partial charge in [-0.25, -0.2) is 0 Å². The van der Waals surface area contributed by atoms with E-state index in [-0.39, 0.29) is 0 Å². The fourth-order valence-corrected chi connectivity index (χ4v) is 1.83. The molecular formula is C14H18N4O. The number of hydrogen-bond donors (Lipinski definition) is 1. The van der Waals surface area contributed by atoms with E-state index in [9.17, 15) is 0 Å². The van der Waals surface area contributed by atoms with Gasteiger partial charge < -0.3 is 15.4 Å². The summed E-state index contributed by atoms with van der Waals surface area (Å²) < 4.78 is 5.15. The summed E-state index contributed by atoms with van der Waals surface area (Å²) in [4.78, 5) is 10.8. The fourth-order valence-electron chi connectivity index (χ4n) is 1.83. The molecule has 0 aliphatic rings. The molecule has 0 radical (unpaired) electrons. The highest BCUT2D eigenvalue weighted by molar-refractivity contribution is 5.63. The molecule has 0 bridgehead atoms. The van der Waals surface area contributed by atoms with E-state index in [2.05, 4.69) is 21.8 Å². The van der Waals surface area contributed by atoms with Crippen molar-refractivity contribution in [3.63, 3.8) is 0 Å². The first kappa shape index (κ1) is 13.1. The van der Waals surface area contributed by atoms with E-state index in [0.717, 1.165) is 18.1 Å². The van der Waals surface area contributed by atoms with Gasteiger partial charge in [-0.1, -0.05) is 6.07 Å². The van der Waals surface area contributed by atoms with E-state index in [1.54, 1.807) is 19.4 Å². The largest absolute Gasteiger partial charge is 0.481 e. The van der Waals surface area contributed by atoms with Gasteiger partial charge in [-0.2, -0.15) is 4.98 Å². The number of anilines is 2. The molecule has 0 aliphatic carbocycles. The van der Waals surface area contributed by atoms with Crippen LogP contribution in [0, 0.1) is 0 Å². The Morgan fingerprint density at radius 1 is 1.26 bits per heavy atom. The minimum atomic E-state index is 0.559. The zero-order valence-corrected chi connectivity index (χ0v) is 11.2. The minimum Gasteiger partial charge on any atom is -0.481 e. The van der Waals surface area contributed by atoms with Gasteiger partial charge >= 0.3 is 0 Å². The highest BCUT2D eigenvalue weighted by atomic mass is 16.5. The van der Waals surface area contributed by atoms with Crippen molar-refractivity contribution in [2.24, 2.45) is 0 Å². The van der Waals surface area contributed by atoms with E-state index in [1.165, 1.54) is 0 Å². The Labute approximate surface area is 113 Å². The van der Waals surface area contributed by atoms with Gasteiger partial charge in [0.05, 0.1) is 25.0 Å². The molecule has 0 saturated heterocycles. The Bertz CT molecular complexity index is 530. The molecule has 2 aromatic rings. The zero-order chi connectivity index (χ0) is 13.7. The van der Waals surface area contributed by atoms with Gasteiger partial charge in [0.2, 0.25) is 5.88 Å². The maximum Gasteiger partial charge on any atom is 0.215 e. The van der Waals surface area contributed by atoms with Gasteiger partial charge in [-0.15, -0.1) is 0 Å². The van der Waals surface area contributed by atoms with Crippen LogP contribution in [0.2, 0.25) is 0 Å². The molecule has 2 heterocycles. The number of ether oxygens (including phenoxy) is 1. The van der Waals surface area contributed by atoms with Crippen LogP contribution in [0.15, 0.2) is 36.5 Å². The van der Waals surface area contributed by atoms with Gasteiger partial charge in [0.25, 0.3) is 0 Å². The van der Waals surface area contributed by atoms with Crippen molar-refractivity contribution in [3.05, 3.63) is 42.2 Å². The summed E-state index contributed by atoms with van der Waals surface area (Å²) in [6.07, 6.45) is 1.78. The molecule has 0 spiro atoms. The molecule has 0 unspecified atom stereocenters. The summed E-state index contributed by atoms with van der Waals surface area (Å²) >= 11 is 0. The number of aromatic nitrogens is 2. The maximum absolute atomic E-state index is 5.99. The van der Waals surface area contributed by atoms with Crippen LogP contribution < -0.4 is 15.4 Å². The van der Waals surface area contributed by atoms with E-state index >= 15 is 0 Å². The van der Waals surface area contributed by atoms with Crippen LogP contribution in [0.1, 0.15) is 12.6 Å². The van der Waals surface area contributed by atoms with Crippen LogP contribution in [0.3, 0.4) is 0 Å². The fraction of sp³-hybridized carbons (Fsp3) is 0.286. The third-order valence-electron chi connectivity index (χ3n) is 2.85. The minimum absolute atomic E-state index is 0.559. The van der Waals surface area contributed by atoms with Crippen molar-refractivity contribution in [2.75, 3.05) is 24.3 Å². The van der Waals surface area contributed by atoms with Crippen LogP contribution in [0.5, 0.6) is 5.88 Å². The van der Waals surface area contributed by atoms with Crippen LogP contribution in [0.25, 0.3) is 0 Å². The summed E-state index contributed by atoms with van der Waals surface area (Å²) in [6, 6.07) is 9.42. The molecule has 19 heavy (non-hydrogen) atoms. The number of pyridine rings is 2. The van der Waals surface area contributed by atoms with E-state index in [4.69, 9.17) is 10.5 Å². The van der Waals surface area contributed by atoms with Gasteiger partial charge in [0, 0.05) is 18.8 Å². The second-order valence-corrected chi connectivity index (χ2v) is 4.10. The molecule has 2 rings (SSSR count). The van der Waals surface area contributed by atoms with Crippen LogP contribution in [0.4, 0.5) is 11.5 Å². The Hall–Kier alpha value is -2.30. The normalized spacial score (nSPS) is 10.2. The summed E-state index contributed by atoms with van der Waals surface area (Å²) in [5.41, 5.74) is 7.61. The summed E-state index contributed by atoms with van der Waals surface area (Å²) in [6.45, 7) is 3.52. The highest BCUT2D eigenvalue weighted by Crippen LogP contribution is 2.24. The third-order valence-corrected chi connectivity index (χ3v) is 2.85. The number of nitrogen functional groups attached to an aromatic ring is 1. The lowest BCUT2D eigenvalue weighted by Gasteiger charge is -2.23. The van der Waals surface area contributed by atoms with Crippen LogP contribution >= 0.6 is 0 Å². The number of hydrogen-bond acceptors (Lipinski definition) is 5. The average Bonchev–Trinajstić information content (AvgIpc) is 2.47. The number of nitrogens with zero attached hydrogens (tertiary/aromatic N) is 3. The molecule has 5 nitrogen and oxygen atoms in total. The molecule has 0 saturated carbocycles. The van der Waals surface area contributed by atoms with Crippen molar-refractivity contribution in [1.29, 1.82) is 0 Å². The Kier molecular flexibility index (Phi) is 4.18. The average molecular weight is 258 g/mol. The predicted octanol–water partition coefficient (Wildman–Crippen LogP) is 2.09. The summed E-state index contributed by atoms with van der Waals surface area (Å²) in [5.74, 6) is 1.29. The first-order chi connectivity index (χ1) is 9.24. The van der Waals surface area contributed by atoms with Crippen LogP contribution in [-0.4, -0.2) is 23.6 Å². The standard InChI is InChI=1S/C14H18N4O/c1-3-18(10-11-6-4-5-9-16-11)14-12(15)7-8-13(17-14)19-2/h4-9H,3,10,15H2,1-2H3. The van der Waals surface area contributed by atoms with Gasteiger partial charge in [0.1, 0.15) is 0 Å². The molecule has 0 aliphatic heterocycles. The molecule has 100 valence electrons. The molecular weight excluding hydrogens is 240 g/mol. The Morgan fingerprint density at radius 2 is 2.11 bits per heavy atom. The van der Waals surface area contributed by atoms with Crippen molar-refractivity contribution >= 4 is 11.5 Å². The molecule has 2 N–H and O–H groups in total. The molecule has 5 heteroatoms. The smallest absolute Gasteiger partial charge is 0.215 e. The number of nitrogens with two attached hydrogens (primary N) is 1. The first-order valence-electron chi connectivity index (χ1n) is 6.20. The Morgan fingerprint density at radius 3 is 2.74 bits per heavy atom. The lowest BCUT2D eigenvalue weighted by atomic mass is 10.3. The van der Waals surface area contributed by atoms with Crippen molar-refractivity contribution in [2.45, 2.75) is 13.5 Å². The molecule has 0 atom stereocenters. The van der Waals surface area contributed by atoms with E-state index in [1.807, 2.05) is 24.3 Å². The SMILES string of the molecule is CCN(Cc1ccccn1)c1nc(OC)ccc1N. The third kappa shape index (κ3) is 3.13. The Balaban J connectivity index is 2.26. The van der Waals surface area contributed by atoms with Crippen molar-refractivity contribution in [1.82, 2.24) is 9.97 Å². The lowest BCUT2D eigenvalue weighted by molar-refractivity contribution is 0.398. The molecule has 0 amide bonds. The molecule has 0 fully saturated rings. The second kappa shape index (κ2) is 6.04. The molecule has 2 aromatic heterocycles. The summed E-state index contributed by atoms with van der Waals surface area (Å²) in [5, 5.41) is 0. The van der Waals surface area contributed by atoms with Crippen molar-refractivity contribution in [3.8, 4) is 5.88 Å². The first-order valence-corrected chi connectivity index (χ1v) is 6.20. The maximum atomic E-state index is 5.99. The van der Waals surface area contributed by atoms with E-state index in [0.29, 0.717) is 18.1 Å². The quantitative estimate of drug-likeness (QED) is 0.889. The predicted molar refractivity (Wildman–Crippen MR) is 76.2 cm³/mol. The van der Waals surface area contributed by atoms with Crippen LogP contribution in [-0.2, 0) is 6.54 Å². The number of methoxy groups -OCH3 is 1. The lowest BCUT2D eigenvalue weighted by Crippen LogP contribution is -2.24. The highest BCUT2D eigenvalue weighted by Gasteiger charge is 2.12. The summed E-state index contributed by atoms with van der Waals surface area (Å²) in [7, 11) is 1.59. The monoisotopic (exact) mass is 258 g/mol. The topological polar surface area (TPSA) is 64.3 Å².